The van der Waals surface area contributed by atoms with Gasteiger partial charge in [0.1, 0.15) is 18.2 Å². The summed E-state index contributed by atoms with van der Waals surface area (Å²) in [6.45, 7) is 5.32. The zero-order chi connectivity index (χ0) is 15.4. The van der Waals surface area contributed by atoms with E-state index >= 15 is 0 Å². The smallest absolute Gasteiger partial charge is 0.123 e. The summed E-state index contributed by atoms with van der Waals surface area (Å²) in [5.74, 6) is 0.391. The van der Waals surface area contributed by atoms with Crippen molar-refractivity contribution in [2.45, 2.75) is 38.8 Å². The van der Waals surface area contributed by atoms with Gasteiger partial charge >= 0.3 is 0 Å². The van der Waals surface area contributed by atoms with E-state index in [4.69, 9.17) is 20.3 Å². The fourth-order valence-electron chi connectivity index (χ4n) is 1.45. The van der Waals surface area contributed by atoms with Crippen LogP contribution < -0.4 is 10.5 Å². The summed E-state index contributed by atoms with van der Waals surface area (Å²) in [6, 6.07) is 5.96. The number of rotatable bonds is 6. The Morgan fingerprint density at radius 2 is 1.90 bits per heavy atom. The van der Waals surface area contributed by atoms with E-state index in [0.29, 0.717) is 18.5 Å². The van der Waals surface area contributed by atoms with Crippen molar-refractivity contribution in [3.8, 4) is 5.75 Å². The lowest BCUT2D eigenvalue weighted by molar-refractivity contribution is 0.274. The number of hydrogen-bond acceptors (Lipinski definition) is 4. The highest BCUT2D eigenvalue weighted by atomic mass is 19.1. The summed E-state index contributed by atoms with van der Waals surface area (Å²) in [5.41, 5.74) is 5.87. The Hall–Kier alpha value is -1.17. The van der Waals surface area contributed by atoms with E-state index < -0.39 is 0 Å². The maximum absolute atomic E-state index is 12.6. The second-order valence-corrected chi connectivity index (χ2v) is 4.06. The minimum atomic E-state index is -0.262. The van der Waals surface area contributed by atoms with E-state index in [1.54, 1.807) is 12.1 Å². The molecule has 1 aliphatic heterocycles. The van der Waals surface area contributed by atoms with Crippen LogP contribution in [0.25, 0.3) is 0 Å². The van der Waals surface area contributed by atoms with Gasteiger partial charge in [0.05, 0.1) is 12.7 Å². The molecule has 2 rings (SSSR count). The number of nitrogens with two attached hydrogens (primary N) is 1. The number of ether oxygens (including phenoxy) is 2. The van der Waals surface area contributed by atoms with Crippen LogP contribution in [0.15, 0.2) is 24.3 Å². The summed E-state index contributed by atoms with van der Waals surface area (Å²) >= 11 is 0. The fraction of sp³-hybridized carbons (Fsp3) is 0.600. The highest BCUT2D eigenvalue weighted by Gasteiger charge is 2.22. The summed E-state index contributed by atoms with van der Waals surface area (Å²) in [4.78, 5) is 0. The molecule has 0 aromatic heterocycles. The molecule has 1 aromatic carbocycles. The molecule has 1 fully saturated rings. The first-order valence-corrected chi connectivity index (χ1v) is 6.94. The third-order valence-corrected chi connectivity index (χ3v) is 2.54. The second kappa shape index (κ2) is 11.6. The molecule has 116 valence electrons. The van der Waals surface area contributed by atoms with Crippen molar-refractivity contribution in [3.63, 3.8) is 0 Å². The zero-order valence-corrected chi connectivity index (χ0v) is 12.5. The molecule has 2 unspecified atom stereocenters. The Morgan fingerprint density at radius 3 is 2.40 bits per heavy atom. The number of benzene rings is 1. The normalized spacial score (nSPS) is 17.0. The predicted molar refractivity (Wildman–Crippen MR) is 78.3 cm³/mol. The molecular formula is C15H26FNO3. The first kappa shape index (κ1) is 18.8. The van der Waals surface area contributed by atoms with Crippen molar-refractivity contribution in [2.24, 2.45) is 5.73 Å². The third-order valence-electron chi connectivity index (χ3n) is 2.54. The Bertz CT molecular complexity index is 328. The highest BCUT2D eigenvalue weighted by molar-refractivity contribution is 5.22. The molecule has 2 atom stereocenters. The third kappa shape index (κ3) is 8.85. The average Bonchev–Trinajstić information content (AvgIpc) is 3.33. The Labute approximate surface area is 120 Å². The predicted octanol–water partition coefficient (Wildman–Crippen LogP) is 2.35. The summed E-state index contributed by atoms with van der Waals surface area (Å²) in [6.07, 6.45) is 2.30. The van der Waals surface area contributed by atoms with Gasteiger partial charge in [-0.25, -0.2) is 4.39 Å². The van der Waals surface area contributed by atoms with E-state index in [9.17, 15) is 4.39 Å². The molecule has 0 saturated carbocycles. The number of aliphatic hydroxyl groups excluding tert-OH is 1. The van der Waals surface area contributed by atoms with Crippen LogP contribution >= 0.6 is 0 Å². The van der Waals surface area contributed by atoms with Crippen LogP contribution in [0.1, 0.15) is 26.7 Å². The summed E-state index contributed by atoms with van der Waals surface area (Å²) in [7, 11) is 1.00. The molecule has 4 nitrogen and oxygen atoms in total. The van der Waals surface area contributed by atoms with Gasteiger partial charge < -0.3 is 20.3 Å². The van der Waals surface area contributed by atoms with E-state index in [-0.39, 0.29) is 11.9 Å². The molecule has 3 N–H and O–H groups in total. The quantitative estimate of drug-likeness (QED) is 0.788. The molecule has 0 aliphatic carbocycles. The first-order valence-electron chi connectivity index (χ1n) is 6.94. The van der Waals surface area contributed by atoms with Gasteiger partial charge in [0.15, 0.2) is 0 Å². The van der Waals surface area contributed by atoms with Crippen LogP contribution in [0.3, 0.4) is 0 Å². The zero-order valence-electron chi connectivity index (χ0n) is 12.5. The molecule has 0 radical (unpaired) electrons. The lowest BCUT2D eigenvalue weighted by Crippen LogP contribution is -2.28. The summed E-state index contributed by atoms with van der Waals surface area (Å²) in [5, 5.41) is 7.00. The SMILES string of the molecule is CC.CO.NC(CCC1CO1)COc1ccc(F)cc1. The molecule has 0 spiro atoms. The molecule has 1 aromatic rings. The molecular weight excluding hydrogens is 261 g/mol. The van der Waals surface area contributed by atoms with Gasteiger partial charge in [-0.1, -0.05) is 13.8 Å². The van der Waals surface area contributed by atoms with E-state index in [1.807, 2.05) is 13.8 Å². The molecule has 20 heavy (non-hydrogen) atoms. The number of epoxide rings is 1. The highest BCUT2D eigenvalue weighted by Crippen LogP contribution is 2.17. The Balaban J connectivity index is 0.000000829. The van der Waals surface area contributed by atoms with Gasteiger partial charge in [-0.3, -0.25) is 0 Å². The molecule has 5 heteroatoms. The van der Waals surface area contributed by atoms with Crippen molar-refractivity contribution < 1.29 is 19.0 Å². The van der Waals surface area contributed by atoms with Gasteiger partial charge in [0, 0.05) is 13.2 Å². The van der Waals surface area contributed by atoms with Crippen LogP contribution in [-0.4, -0.2) is 37.6 Å². The van der Waals surface area contributed by atoms with Crippen LogP contribution in [0.5, 0.6) is 5.75 Å². The van der Waals surface area contributed by atoms with Crippen molar-refractivity contribution in [2.75, 3.05) is 20.3 Å². The average molecular weight is 287 g/mol. The number of hydrogen-bond donors (Lipinski definition) is 2. The van der Waals surface area contributed by atoms with Crippen LogP contribution in [0.2, 0.25) is 0 Å². The van der Waals surface area contributed by atoms with E-state index in [0.717, 1.165) is 26.6 Å². The number of halogens is 1. The van der Waals surface area contributed by atoms with Crippen molar-refractivity contribution in [3.05, 3.63) is 30.1 Å². The second-order valence-electron chi connectivity index (χ2n) is 4.06. The Kier molecular flexibility index (Phi) is 11.0. The van der Waals surface area contributed by atoms with E-state index in [2.05, 4.69) is 0 Å². The fourth-order valence-corrected chi connectivity index (χ4v) is 1.45. The monoisotopic (exact) mass is 287 g/mol. The lowest BCUT2D eigenvalue weighted by Gasteiger charge is -2.12. The maximum atomic E-state index is 12.6. The van der Waals surface area contributed by atoms with E-state index in [1.165, 1.54) is 12.1 Å². The lowest BCUT2D eigenvalue weighted by atomic mass is 10.1. The molecule has 1 aliphatic rings. The molecule has 0 amide bonds. The van der Waals surface area contributed by atoms with Crippen LogP contribution in [0.4, 0.5) is 4.39 Å². The molecule has 1 saturated heterocycles. The maximum Gasteiger partial charge on any atom is 0.123 e. The van der Waals surface area contributed by atoms with Gasteiger partial charge in [-0.2, -0.15) is 0 Å². The van der Waals surface area contributed by atoms with Crippen LogP contribution in [-0.2, 0) is 4.74 Å². The topological polar surface area (TPSA) is 68.0 Å². The molecule has 1 heterocycles. The van der Waals surface area contributed by atoms with Crippen molar-refractivity contribution >= 4 is 0 Å². The van der Waals surface area contributed by atoms with Gasteiger partial charge in [-0.15, -0.1) is 0 Å². The number of aliphatic hydroxyl groups is 1. The van der Waals surface area contributed by atoms with Gasteiger partial charge in [0.2, 0.25) is 0 Å². The first-order chi connectivity index (χ1) is 9.74. The standard InChI is InChI=1S/C12H16FNO2.C2H6.CH4O/c13-9-1-4-11(5-2-9)15-7-10(14)3-6-12-8-16-12;2*1-2/h1-2,4-5,10,12H,3,6-8,14H2;1-2H3;2H,1H3. The van der Waals surface area contributed by atoms with Gasteiger partial charge in [0.25, 0.3) is 0 Å². The minimum Gasteiger partial charge on any atom is -0.492 e. The molecule has 0 bridgehead atoms. The largest absolute Gasteiger partial charge is 0.492 e. The van der Waals surface area contributed by atoms with Crippen LogP contribution in [0, 0.1) is 5.82 Å². The van der Waals surface area contributed by atoms with Crippen molar-refractivity contribution in [1.29, 1.82) is 0 Å². The summed E-state index contributed by atoms with van der Waals surface area (Å²) < 4.78 is 23.1. The minimum absolute atomic E-state index is 0.00857. The Morgan fingerprint density at radius 1 is 1.35 bits per heavy atom. The van der Waals surface area contributed by atoms with Gasteiger partial charge in [-0.05, 0) is 37.1 Å². The van der Waals surface area contributed by atoms with Crippen molar-refractivity contribution in [1.82, 2.24) is 0 Å².